The van der Waals surface area contributed by atoms with E-state index in [1.54, 1.807) is 0 Å². The van der Waals surface area contributed by atoms with Gasteiger partial charge >= 0.3 is 0 Å². The molecule has 1 amide bonds. The Labute approximate surface area is 146 Å². The van der Waals surface area contributed by atoms with Gasteiger partial charge in [-0.05, 0) is 56.9 Å². The summed E-state index contributed by atoms with van der Waals surface area (Å²) in [5, 5.41) is 3.89. The van der Waals surface area contributed by atoms with Crippen LogP contribution in [0.2, 0.25) is 5.02 Å². The molecule has 2 unspecified atom stereocenters. The lowest BCUT2D eigenvalue weighted by molar-refractivity contribution is -0.923. The highest BCUT2D eigenvalue weighted by Crippen LogP contribution is 2.26. The highest BCUT2D eigenvalue weighted by molar-refractivity contribution is 6.30. The molecule has 1 aromatic carbocycles. The summed E-state index contributed by atoms with van der Waals surface area (Å²) >= 11 is 6.09. The first-order valence-electron chi connectivity index (χ1n) is 8.70. The van der Waals surface area contributed by atoms with E-state index >= 15 is 0 Å². The average Bonchev–Trinajstić information content (AvgIpc) is 2.48. The van der Waals surface area contributed by atoms with E-state index in [0.29, 0.717) is 5.02 Å². The van der Waals surface area contributed by atoms with Gasteiger partial charge in [-0.2, -0.15) is 0 Å². The second-order valence-corrected chi connectivity index (χ2v) is 7.16. The molecular weight excluding hydrogens is 308 g/mol. The minimum atomic E-state index is -0.0144. The molecule has 0 bridgehead atoms. The number of carbonyl (C=O) groups is 1. The van der Waals surface area contributed by atoms with Gasteiger partial charge in [0.25, 0.3) is 5.91 Å². The molecule has 0 fully saturated rings. The van der Waals surface area contributed by atoms with Crippen molar-refractivity contribution in [3.63, 3.8) is 0 Å². The largest absolute Gasteiger partial charge is 0.320 e. The number of nitrogens with one attached hydrogen (secondary N) is 1. The molecule has 23 heavy (non-hydrogen) atoms. The minimum absolute atomic E-state index is 0.0144. The second kappa shape index (κ2) is 8.70. The van der Waals surface area contributed by atoms with Crippen molar-refractivity contribution in [1.82, 2.24) is 0 Å². The molecule has 1 N–H and O–H groups in total. The van der Waals surface area contributed by atoms with Gasteiger partial charge in [0.15, 0.2) is 6.04 Å². The van der Waals surface area contributed by atoms with Crippen LogP contribution < -0.4 is 5.32 Å². The van der Waals surface area contributed by atoms with Crippen molar-refractivity contribution in [2.75, 3.05) is 25.5 Å². The maximum Gasteiger partial charge on any atom is 0.282 e. The summed E-state index contributed by atoms with van der Waals surface area (Å²) in [6.45, 7) is 12.5. The molecule has 130 valence electrons. The van der Waals surface area contributed by atoms with Gasteiger partial charge in [-0.25, -0.2) is 0 Å². The SMILES string of the molecule is CCCC(C(=O)Nc1c(C)cc(Cl)cc1C)[N+](C)(CC)CCC. The Morgan fingerprint density at radius 3 is 2.17 bits per heavy atom. The third-order valence-electron chi connectivity index (χ3n) is 4.82. The smallest absolute Gasteiger partial charge is 0.282 e. The van der Waals surface area contributed by atoms with Crippen LogP contribution in [0, 0.1) is 13.8 Å². The van der Waals surface area contributed by atoms with Crippen LogP contribution in [-0.2, 0) is 4.79 Å². The summed E-state index contributed by atoms with van der Waals surface area (Å²) in [6.07, 6.45) is 2.99. The Balaban J connectivity index is 3.08. The first-order valence-corrected chi connectivity index (χ1v) is 9.08. The summed E-state index contributed by atoms with van der Waals surface area (Å²) in [6, 6.07) is 3.79. The third kappa shape index (κ3) is 4.95. The zero-order valence-corrected chi connectivity index (χ0v) is 16.3. The second-order valence-electron chi connectivity index (χ2n) is 6.73. The predicted octanol–water partition coefficient (Wildman–Crippen LogP) is 4.94. The molecule has 0 saturated carbocycles. The highest BCUT2D eigenvalue weighted by atomic mass is 35.5. The Kier molecular flexibility index (Phi) is 7.56. The molecule has 0 spiro atoms. The lowest BCUT2D eigenvalue weighted by Crippen LogP contribution is -2.57. The van der Waals surface area contributed by atoms with Crippen molar-refractivity contribution in [1.29, 1.82) is 0 Å². The van der Waals surface area contributed by atoms with E-state index in [-0.39, 0.29) is 11.9 Å². The van der Waals surface area contributed by atoms with E-state index < -0.39 is 0 Å². The molecule has 0 aliphatic carbocycles. The van der Waals surface area contributed by atoms with Crippen molar-refractivity contribution < 1.29 is 9.28 Å². The lowest BCUT2D eigenvalue weighted by Gasteiger charge is -2.40. The van der Waals surface area contributed by atoms with E-state index in [4.69, 9.17) is 11.6 Å². The van der Waals surface area contributed by atoms with Crippen LogP contribution in [0.4, 0.5) is 5.69 Å². The normalized spacial score (nSPS) is 15.1. The van der Waals surface area contributed by atoms with Crippen LogP contribution >= 0.6 is 11.6 Å². The van der Waals surface area contributed by atoms with E-state index in [1.807, 2.05) is 26.0 Å². The molecule has 0 heterocycles. The van der Waals surface area contributed by atoms with Crippen molar-refractivity contribution in [3.05, 3.63) is 28.3 Å². The molecule has 1 aromatic rings. The van der Waals surface area contributed by atoms with E-state index in [0.717, 1.165) is 53.6 Å². The fourth-order valence-corrected chi connectivity index (χ4v) is 3.69. The fraction of sp³-hybridized carbons (Fsp3) is 0.632. The molecule has 4 heteroatoms. The molecule has 2 atom stereocenters. The van der Waals surface area contributed by atoms with Gasteiger partial charge in [-0.3, -0.25) is 4.79 Å². The van der Waals surface area contributed by atoms with Crippen LogP contribution in [0.5, 0.6) is 0 Å². The van der Waals surface area contributed by atoms with Gasteiger partial charge in [-0.15, -0.1) is 0 Å². The van der Waals surface area contributed by atoms with Crippen LogP contribution in [0.3, 0.4) is 0 Å². The Morgan fingerprint density at radius 1 is 1.17 bits per heavy atom. The standard InChI is InChI=1S/C19H31ClN2O/c1-7-10-17(22(6,9-3)11-8-2)19(23)21-18-14(4)12-16(20)13-15(18)5/h12-13,17H,7-11H2,1-6H3/p+1. The van der Waals surface area contributed by atoms with Gasteiger partial charge in [-0.1, -0.05) is 25.4 Å². The molecule has 0 aliphatic heterocycles. The van der Waals surface area contributed by atoms with Gasteiger partial charge in [0.2, 0.25) is 0 Å². The summed E-state index contributed by atoms with van der Waals surface area (Å²) in [7, 11) is 2.20. The van der Waals surface area contributed by atoms with Gasteiger partial charge < -0.3 is 9.80 Å². The Morgan fingerprint density at radius 2 is 1.74 bits per heavy atom. The number of quaternary nitrogens is 1. The van der Waals surface area contributed by atoms with Gasteiger partial charge in [0, 0.05) is 17.1 Å². The van der Waals surface area contributed by atoms with Crippen LogP contribution in [0.1, 0.15) is 51.2 Å². The molecule has 0 aliphatic rings. The number of hydrogen-bond donors (Lipinski definition) is 1. The summed E-state index contributed by atoms with van der Waals surface area (Å²) < 4.78 is 0.794. The van der Waals surface area contributed by atoms with Crippen LogP contribution in [-0.4, -0.2) is 36.6 Å². The van der Waals surface area contributed by atoms with Crippen molar-refractivity contribution in [2.24, 2.45) is 0 Å². The number of nitrogens with zero attached hydrogens (tertiary/aromatic N) is 1. The number of amides is 1. The van der Waals surface area contributed by atoms with Crippen LogP contribution in [0.15, 0.2) is 12.1 Å². The van der Waals surface area contributed by atoms with Gasteiger partial charge in [0.05, 0.1) is 20.1 Å². The quantitative estimate of drug-likeness (QED) is 0.668. The Bertz CT molecular complexity index is 521. The third-order valence-corrected chi connectivity index (χ3v) is 5.04. The molecule has 3 nitrogen and oxygen atoms in total. The van der Waals surface area contributed by atoms with Gasteiger partial charge in [0.1, 0.15) is 0 Å². The van der Waals surface area contributed by atoms with Crippen molar-refractivity contribution in [3.8, 4) is 0 Å². The minimum Gasteiger partial charge on any atom is -0.320 e. The fourth-order valence-electron chi connectivity index (χ4n) is 3.36. The molecular formula is C19H32ClN2O+. The maximum atomic E-state index is 13.0. The average molecular weight is 340 g/mol. The number of halogens is 1. The first kappa shape index (κ1) is 20.0. The Hall–Kier alpha value is -1.06. The van der Waals surface area contributed by atoms with Crippen molar-refractivity contribution in [2.45, 2.75) is 59.9 Å². The number of likely N-dealkylation sites (N-methyl/N-ethyl adjacent to an activating group) is 1. The topological polar surface area (TPSA) is 29.1 Å². The number of aryl methyl sites for hydroxylation is 2. The number of anilines is 1. The zero-order chi connectivity index (χ0) is 17.6. The summed E-state index contributed by atoms with van der Waals surface area (Å²) in [4.78, 5) is 13.0. The zero-order valence-electron chi connectivity index (χ0n) is 15.5. The molecule has 0 radical (unpaired) electrons. The van der Waals surface area contributed by atoms with E-state index in [2.05, 4.69) is 33.1 Å². The maximum absolute atomic E-state index is 13.0. The lowest BCUT2D eigenvalue weighted by atomic mass is 10.0. The van der Waals surface area contributed by atoms with E-state index in [9.17, 15) is 4.79 Å². The predicted molar refractivity (Wildman–Crippen MR) is 100 cm³/mol. The number of hydrogen-bond acceptors (Lipinski definition) is 1. The summed E-state index contributed by atoms with van der Waals surface area (Å²) in [5.41, 5.74) is 2.93. The number of carbonyl (C=O) groups excluding carboxylic acids is 1. The number of benzene rings is 1. The molecule has 0 saturated heterocycles. The summed E-state index contributed by atoms with van der Waals surface area (Å²) in [5.74, 6) is 0.123. The van der Waals surface area contributed by atoms with Crippen molar-refractivity contribution >= 4 is 23.2 Å². The first-order chi connectivity index (χ1) is 10.8. The monoisotopic (exact) mass is 339 g/mol. The molecule has 1 rings (SSSR count). The van der Waals surface area contributed by atoms with Crippen LogP contribution in [0.25, 0.3) is 0 Å². The highest BCUT2D eigenvalue weighted by Gasteiger charge is 2.36. The van der Waals surface area contributed by atoms with E-state index in [1.165, 1.54) is 0 Å². The number of rotatable bonds is 8. The molecule has 0 aromatic heterocycles.